The molecule has 0 aliphatic rings. The van der Waals surface area contributed by atoms with E-state index in [1.54, 1.807) is 24.3 Å². The molecule has 6 N–H and O–H groups in total. The number of aromatic hydroxyl groups is 2. The van der Waals surface area contributed by atoms with E-state index in [1.165, 1.54) is 30.4 Å². The Morgan fingerprint density at radius 3 is 2.07 bits per heavy atom. The van der Waals surface area contributed by atoms with Crippen molar-refractivity contribution < 1.29 is 71.8 Å². The Kier molecular flexibility index (Phi) is 13.2. The van der Waals surface area contributed by atoms with E-state index in [1.807, 2.05) is 6.07 Å². The molecule has 0 radical (unpaired) electrons. The molecule has 0 saturated heterocycles. The number of fused-ring (bicyclic) bond motifs is 5. The van der Waals surface area contributed by atoms with Gasteiger partial charge in [0.05, 0.1) is 38.7 Å². The van der Waals surface area contributed by atoms with E-state index < -0.39 is 112 Å². The number of nitriles is 1. The van der Waals surface area contributed by atoms with Crippen molar-refractivity contribution in [3.05, 3.63) is 93.5 Å². The van der Waals surface area contributed by atoms with Gasteiger partial charge in [-0.25, -0.2) is 9.97 Å². The lowest BCUT2D eigenvalue weighted by atomic mass is 10.1. The quantitative estimate of drug-likeness (QED) is 0.0184. The standard InChI is InChI=1S/C40H29N11O17S5/c1-18-10-26(29(68-8-5-9-70(56,57)58)16-25(18)44-49-40-43-35-30(69-40)13-21(51(54)55)14-33(35)73(65,66)67)45-48-36-32(72(62,63)64)12-20-11-31(71(59,60)61)27(15-22(20)37(36)52)46-47-34-19(2)23(17-41)38-42-24-6-3-4-7-28(24)50(38)39(34)53/h3-4,6-7,10-16,52-53H,5,8-9H2,1-2H3,(H,56,57,58)(H,59,60,61)(H,62,63,64)(H,65,66,67). The van der Waals surface area contributed by atoms with Gasteiger partial charge in [0.1, 0.15) is 54.6 Å². The second kappa shape index (κ2) is 18.8. The van der Waals surface area contributed by atoms with Crippen LogP contribution in [0.2, 0.25) is 0 Å². The minimum Gasteiger partial charge on any atom is -0.505 e. The lowest BCUT2D eigenvalue weighted by molar-refractivity contribution is -0.384. The number of thiazole rings is 1. The van der Waals surface area contributed by atoms with Crippen molar-refractivity contribution in [2.45, 2.75) is 35.0 Å². The van der Waals surface area contributed by atoms with E-state index in [0.29, 0.717) is 40.6 Å². The molecule has 0 saturated carbocycles. The van der Waals surface area contributed by atoms with Gasteiger partial charge in [0.25, 0.3) is 46.2 Å². The summed E-state index contributed by atoms with van der Waals surface area (Å²) in [6.45, 7) is 2.43. The number of ether oxygens (including phenoxy) is 1. The van der Waals surface area contributed by atoms with Crippen LogP contribution < -0.4 is 4.74 Å². The number of para-hydroxylation sites is 2. The highest BCUT2D eigenvalue weighted by Gasteiger charge is 2.28. The summed E-state index contributed by atoms with van der Waals surface area (Å²) in [5.41, 5.74) is -2.30. The molecule has 376 valence electrons. The number of benzene rings is 5. The Morgan fingerprint density at radius 2 is 1.41 bits per heavy atom. The van der Waals surface area contributed by atoms with Crippen LogP contribution in [-0.4, -0.2) is 93.7 Å². The average Bonchev–Trinajstić information content (AvgIpc) is 3.90. The number of hydrogen-bond acceptors (Lipinski definition) is 23. The lowest BCUT2D eigenvalue weighted by Gasteiger charge is -2.13. The van der Waals surface area contributed by atoms with Gasteiger partial charge < -0.3 is 14.9 Å². The fourth-order valence-electron chi connectivity index (χ4n) is 7.17. The molecule has 3 aromatic heterocycles. The zero-order valence-corrected chi connectivity index (χ0v) is 40.7. The van der Waals surface area contributed by atoms with E-state index >= 15 is 0 Å². The van der Waals surface area contributed by atoms with Gasteiger partial charge in [-0.1, -0.05) is 23.5 Å². The van der Waals surface area contributed by atoms with E-state index in [9.17, 15) is 77.5 Å². The predicted molar refractivity (Wildman–Crippen MR) is 255 cm³/mol. The normalized spacial score (nSPS) is 12.9. The number of nitro groups is 1. The number of imidazole rings is 1. The number of aromatic nitrogens is 3. The van der Waals surface area contributed by atoms with Gasteiger partial charge in [-0.15, -0.1) is 30.7 Å². The van der Waals surface area contributed by atoms with Crippen LogP contribution >= 0.6 is 11.3 Å². The van der Waals surface area contributed by atoms with Crippen LogP contribution in [0.5, 0.6) is 17.4 Å². The van der Waals surface area contributed by atoms with Crippen molar-refractivity contribution in [2.24, 2.45) is 30.7 Å². The molecule has 0 aliphatic carbocycles. The molecule has 0 unspecified atom stereocenters. The molecule has 73 heavy (non-hydrogen) atoms. The second-order valence-electron chi connectivity index (χ2n) is 15.3. The second-order valence-corrected chi connectivity index (χ2v) is 22.1. The Bertz CT molecular complexity index is 4320. The largest absolute Gasteiger partial charge is 0.505 e. The van der Waals surface area contributed by atoms with E-state index in [2.05, 4.69) is 40.7 Å². The fourth-order valence-corrected chi connectivity index (χ4v) is 10.5. The van der Waals surface area contributed by atoms with Crippen molar-refractivity contribution >= 4 is 129 Å². The van der Waals surface area contributed by atoms with Gasteiger partial charge >= 0.3 is 0 Å². The summed E-state index contributed by atoms with van der Waals surface area (Å²) >= 11 is 0.662. The first kappa shape index (κ1) is 51.3. The number of nitrogens with zero attached hydrogens (tertiary/aromatic N) is 11. The van der Waals surface area contributed by atoms with Crippen LogP contribution in [0.4, 0.5) is 39.3 Å². The third-order valence-electron chi connectivity index (χ3n) is 10.5. The minimum atomic E-state index is -5.37. The summed E-state index contributed by atoms with van der Waals surface area (Å²) in [6, 6.07) is 14.8. The molecule has 0 fully saturated rings. The van der Waals surface area contributed by atoms with Crippen molar-refractivity contribution in [3.63, 3.8) is 0 Å². The molecule has 0 spiro atoms. The number of aryl methyl sites for hydroxylation is 1. The number of nitro benzene ring substituents is 1. The first-order chi connectivity index (χ1) is 34.1. The summed E-state index contributed by atoms with van der Waals surface area (Å²) in [6.07, 6.45) is -0.300. The molecule has 0 bridgehead atoms. The third-order valence-corrected chi connectivity index (χ3v) is 14.8. The highest BCUT2D eigenvalue weighted by Crippen LogP contribution is 2.47. The van der Waals surface area contributed by atoms with Crippen molar-refractivity contribution in [2.75, 3.05) is 12.4 Å². The first-order valence-electron chi connectivity index (χ1n) is 20.0. The first-order valence-corrected chi connectivity index (χ1v) is 26.7. The molecule has 3 heterocycles. The van der Waals surface area contributed by atoms with Gasteiger partial charge in [0.15, 0.2) is 17.1 Å². The molecule has 0 amide bonds. The highest BCUT2D eigenvalue weighted by atomic mass is 32.2. The average molecular weight is 1100 g/mol. The molecule has 5 aromatic carbocycles. The number of pyridine rings is 1. The Morgan fingerprint density at radius 1 is 0.767 bits per heavy atom. The summed E-state index contributed by atoms with van der Waals surface area (Å²) in [5.74, 6) is -2.68. The summed E-state index contributed by atoms with van der Waals surface area (Å²) in [7, 11) is -20.1. The van der Waals surface area contributed by atoms with Gasteiger partial charge in [0, 0.05) is 29.1 Å². The minimum absolute atomic E-state index is 0.0295. The lowest BCUT2D eigenvalue weighted by Crippen LogP contribution is -2.08. The van der Waals surface area contributed by atoms with Crippen LogP contribution in [0.3, 0.4) is 0 Å². The maximum Gasteiger partial charge on any atom is 0.296 e. The summed E-state index contributed by atoms with van der Waals surface area (Å²) in [5, 5.41) is 67.4. The number of phenolic OH excluding ortho intramolecular Hbond substituents is 1. The van der Waals surface area contributed by atoms with Gasteiger partial charge in [-0.05, 0) is 67.6 Å². The predicted octanol–water partition coefficient (Wildman–Crippen LogP) is 8.70. The number of azo groups is 3. The van der Waals surface area contributed by atoms with Crippen LogP contribution in [0.15, 0.2) is 112 Å². The van der Waals surface area contributed by atoms with Gasteiger partial charge in [-0.3, -0.25) is 32.7 Å². The van der Waals surface area contributed by atoms with Crippen molar-refractivity contribution in [1.29, 1.82) is 5.26 Å². The van der Waals surface area contributed by atoms with Gasteiger partial charge in [-0.2, -0.15) is 38.9 Å². The number of non-ortho nitro benzene ring substituents is 1. The third kappa shape index (κ3) is 10.3. The molecule has 0 aliphatic heterocycles. The van der Waals surface area contributed by atoms with Gasteiger partial charge in [0.2, 0.25) is 11.0 Å². The van der Waals surface area contributed by atoms with Crippen molar-refractivity contribution in [1.82, 2.24) is 14.4 Å². The Hall–Kier alpha value is -8.07. The van der Waals surface area contributed by atoms with Crippen molar-refractivity contribution in [3.8, 4) is 23.4 Å². The molecule has 8 rings (SSSR count). The zero-order valence-electron chi connectivity index (χ0n) is 36.6. The van der Waals surface area contributed by atoms with E-state index in [-0.39, 0.29) is 66.9 Å². The summed E-state index contributed by atoms with van der Waals surface area (Å²) < 4.78 is 144. The number of hydrogen-bond donors (Lipinski definition) is 6. The molecular weight excluding hydrogens is 1070 g/mol. The maximum atomic E-state index is 12.8. The monoisotopic (exact) mass is 1100 g/mol. The summed E-state index contributed by atoms with van der Waals surface area (Å²) in [4.78, 5) is 16.0. The highest BCUT2D eigenvalue weighted by molar-refractivity contribution is 7.86. The van der Waals surface area contributed by atoms with Crippen LogP contribution in [0.1, 0.15) is 23.1 Å². The van der Waals surface area contributed by atoms with Crippen LogP contribution in [-0.2, 0) is 40.5 Å². The molecule has 8 aromatic rings. The molecular formula is C40H29N11O17S5. The SMILES string of the molecule is Cc1cc(N=Nc2c(S(=O)(=O)O)cc3cc(S(=O)(=O)O)c(N=Nc4c(C)c(C#N)c5nc6ccccc6n5c4O)cc3c2O)c(OCCCS(=O)(=O)O)cc1N=Nc1nc2c(S(=O)(=O)O)cc([N+](=O)[O-])cc2s1. The number of rotatable bonds is 15. The Balaban J connectivity index is 1.24. The maximum absolute atomic E-state index is 12.8. The molecule has 33 heteroatoms. The zero-order chi connectivity index (χ0) is 53.1. The topological polar surface area (TPSA) is 438 Å². The van der Waals surface area contributed by atoms with E-state index in [0.717, 1.165) is 12.1 Å². The molecule has 28 nitrogen and oxygen atoms in total. The van der Waals surface area contributed by atoms with Crippen LogP contribution in [0.25, 0.3) is 37.7 Å². The van der Waals surface area contributed by atoms with Crippen LogP contribution in [0, 0.1) is 35.3 Å². The molecule has 0 atom stereocenters. The number of phenols is 1. The van der Waals surface area contributed by atoms with E-state index in [4.69, 9.17) is 4.74 Å². The fraction of sp³-hybridized carbons (Fsp3) is 0.125. The smallest absolute Gasteiger partial charge is 0.296 e. The Labute approximate surface area is 413 Å².